The van der Waals surface area contributed by atoms with Gasteiger partial charge >= 0.3 is 0 Å². The fraction of sp³-hybridized carbons (Fsp3) is 0.381. The maximum atomic E-state index is 12.9. The summed E-state index contributed by atoms with van der Waals surface area (Å²) in [5.41, 5.74) is 1.43. The Bertz CT molecular complexity index is 912. The number of halogens is 1. The number of hydrogen-bond donors (Lipinski definition) is 1. The van der Waals surface area contributed by atoms with Crippen LogP contribution in [0, 0.1) is 11.7 Å². The Kier molecular flexibility index (Phi) is 6.46. The van der Waals surface area contributed by atoms with Crippen molar-refractivity contribution < 1.29 is 17.6 Å². The molecule has 1 aliphatic rings. The second-order valence-corrected chi connectivity index (χ2v) is 9.25. The van der Waals surface area contributed by atoms with Crippen LogP contribution in [0.1, 0.15) is 31.7 Å². The van der Waals surface area contributed by atoms with Crippen LogP contribution in [0.2, 0.25) is 0 Å². The minimum atomic E-state index is -3.50. The first-order valence-electron chi connectivity index (χ1n) is 9.49. The highest BCUT2D eigenvalue weighted by Gasteiger charge is 2.28. The fourth-order valence-corrected chi connectivity index (χ4v) is 4.95. The number of nitrogens with one attached hydrogen (secondary N) is 1. The Morgan fingerprint density at radius 1 is 1.14 bits per heavy atom. The topological polar surface area (TPSA) is 66.5 Å². The second kappa shape index (κ2) is 8.84. The predicted octanol–water partition coefficient (Wildman–Crippen LogP) is 3.82. The standard InChI is InChI=1S/C21H25FN2O3S/c1-16-3-2-14-24(15-16)28(26,27)20-11-9-19(10-12-20)23-21(25)13-6-17-4-7-18(22)8-5-17/h4-5,7-12,16H,2-3,6,13-15H2,1H3,(H,23,25). The minimum Gasteiger partial charge on any atom is -0.326 e. The molecule has 0 aliphatic carbocycles. The van der Waals surface area contributed by atoms with Gasteiger partial charge in [-0.05, 0) is 67.1 Å². The monoisotopic (exact) mass is 404 g/mol. The number of sulfonamides is 1. The highest BCUT2D eigenvalue weighted by atomic mass is 32.2. The second-order valence-electron chi connectivity index (χ2n) is 7.31. The molecule has 1 saturated heterocycles. The van der Waals surface area contributed by atoms with Gasteiger partial charge in [-0.1, -0.05) is 19.1 Å². The lowest BCUT2D eigenvalue weighted by atomic mass is 10.0. The Morgan fingerprint density at radius 2 is 1.82 bits per heavy atom. The molecule has 28 heavy (non-hydrogen) atoms. The van der Waals surface area contributed by atoms with E-state index in [4.69, 9.17) is 0 Å². The minimum absolute atomic E-state index is 0.176. The summed E-state index contributed by atoms with van der Waals surface area (Å²) in [6, 6.07) is 12.3. The van der Waals surface area contributed by atoms with E-state index >= 15 is 0 Å². The van der Waals surface area contributed by atoms with Gasteiger partial charge in [-0.25, -0.2) is 12.8 Å². The SMILES string of the molecule is CC1CCCN(S(=O)(=O)c2ccc(NC(=O)CCc3ccc(F)cc3)cc2)C1. The number of nitrogens with zero attached hydrogens (tertiary/aromatic N) is 1. The van der Waals surface area contributed by atoms with E-state index < -0.39 is 10.0 Å². The maximum Gasteiger partial charge on any atom is 0.243 e. The fourth-order valence-electron chi connectivity index (χ4n) is 3.36. The lowest BCUT2D eigenvalue weighted by Gasteiger charge is -2.30. The Labute approximate surface area is 165 Å². The summed E-state index contributed by atoms with van der Waals surface area (Å²) in [7, 11) is -3.50. The normalized spacial score (nSPS) is 18.0. The molecule has 2 aromatic carbocycles. The molecule has 0 radical (unpaired) electrons. The average Bonchev–Trinajstić information content (AvgIpc) is 2.68. The lowest BCUT2D eigenvalue weighted by molar-refractivity contribution is -0.116. The molecule has 3 rings (SSSR count). The third kappa shape index (κ3) is 5.17. The number of rotatable bonds is 6. The van der Waals surface area contributed by atoms with E-state index in [0.29, 0.717) is 31.1 Å². The molecule has 5 nitrogen and oxygen atoms in total. The van der Waals surface area contributed by atoms with Gasteiger partial charge in [0.25, 0.3) is 0 Å². The van der Waals surface area contributed by atoms with E-state index in [1.54, 1.807) is 24.3 Å². The van der Waals surface area contributed by atoms with E-state index in [2.05, 4.69) is 12.2 Å². The molecule has 7 heteroatoms. The van der Waals surface area contributed by atoms with Crippen molar-refractivity contribution in [3.05, 3.63) is 59.9 Å². The molecule has 150 valence electrons. The van der Waals surface area contributed by atoms with Gasteiger partial charge in [0.2, 0.25) is 15.9 Å². The van der Waals surface area contributed by atoms with Crippen molar-refractivity contribution in [3.8, 4) is 0 Å². The third-order valence-electron chi connectivity index (χ3n) is 4.95. The quantitative estimate of drug-likeness (QED) is 0.796. The zero-order valence-corrected chi connectivity index (χ0v) is 16.7. The van der Waals surface area contributed by atoms with Gasteiger partial charge in [-0.3, -0.25) is 4.79 Å². The Balaban J connectivity index is 1.57. The predicted molar refractivity (Wildman–Crippen MR) is 107 cm³/mol. The van der Waals surface area contributed by atoms with E-state index in [0.717, 1.165) is 18.4 Å². The molecule has 1 heterocycles. The van der Waals surface area contributed by atoms with Crippen molar-refractivity contribution >= 4 is 21.6 Å². The number of carbonyl (C=O) groups is 1. The van der Waals surface area contributed by atoms with Crippen LogP contribution in [-0.4, -0.2) is 31.7 Å². The summed E-state index contributed by atoms with van der Waals surface area (Å²) in [6.07, 6.45) is 2.70. The Hall–Kier alpha value is -2.25. The lowest BCUT2D eigenvalue weighted by Crippen LogP contribution is -2.39. The van der Waals surface area contributed by atoms with Crippen LogP contribution in [0.25, 0.3) is 0 Å². The van der Waals surface area contributed by atoms with Crippen LogP contribution < -0.4 is 5.32 Å². The van der Waals surface area contributed by atoms with Crippen LogP contribution in [-0.2, 0) is 21.2 Å². The average molecular weight is 405 g/mol. The van der Waals surface area contributed by atoms with Crippen molar-refractivity contribution in [1.82, 2.24) is 4.31 Å². The third-order valence-corrected chi connectivity index (χ3v) is 6.83. The van der Waals surface area contributed by atoms with Crippen molar-refractivity contribution in [1.29, 1.82) is 0 Å². The van der Waals surface area contributed by atoms with Gasteiger partial charge in [0.05, 0.1) is 4.90 Å². The smallest absolute Gasteiger partial charge is 0.243 e. The van der Waals surface area contributed by atoms with E-state index in [9.17, 15) is 17.6 Å². The molecular weight excluding hydrogens is 379 g/mol. The van der Waals surface area contributed by atoms with Crippen molar-refractivity contribution in [2.75, 3.05) is 18.4 Å². The highest BCUT2D eigenvalue weighted by Crippen LogP contribution is 2.24. The van der Waals surface area contributed by atoms with Crippen molar-refractivity contribution in [2.45, 2.75) is 37.5 Å². The summed E-state index contributed by atoms with van der Waals surface area (Å²) in [5, 5.41) is 2.77. The Morgan fingerprint density at radius 3 is 2.46 bits per heavy atom. The highest BCUT2D eigenvalue weighted by molar-refractivity contribution is 7.89. The van der Waals surface area contributed by atoms with Crippen LogP contribution in [0.3, 0.4) is 0 Å². The van der Waals surface area contributed by atoms with Gasteiger partial charge in [0, 0.05) is 25.2 Å². The van der Waals surface area contributed by atoms with E-state index in [-0.39, 0.29) is 23.0 Å². The number of hydrogen-bond acceptors (Lipinski definition) is 3. The first-order valence-corrected chi connectivity index (χ1v) is 10.9. The maximum absolute atomic E-state index is 12.9. The van der Waals surface area contributed by atoms with Gasteiger partial charge < -0.3 is 5.32 Å². The number of piperidine rings is 1. The first kappa shape index (κ1) is 20.5. The molecule has 1 unspecified atom stereocenters. The molecule has 1 N–H and O–H groups in total. The zero-order chi connectivity index (χ0) is 20.1. The molecule has 0 spiro atoms. The zero-order valence-electron chi connectivity index (χ0n) is 15.9. The molecule has 0 bridgehead atoms. The molecule has 0 aromatic heterocycles. The van der Waals surface area contributed by atoms with Crippen LogP contribution in [0.4, 0.5) is 10.1 Å². The van der Waals surface area contributed by atoms with Gasteiger partial charge in [0.15, 0.2) is 0 Å². The molecule has 0 saturated carbocycles. The summed E-state index contributed by atoms with van der Waals surface area (Å²) in [6.45, 7) is 3.16. The number of benzene rings is 2. The summed E-state index contributed by atoms with van der Waals surface area (Å²) in [5.74, 6) is -0.116. The summed E-state index contributed by atoms with van der Waals surface area (Å²) >= 11 is 0. The van der Waals surface area contributed by atoms with Gasteiger partial charge in [-0.15, -0.1) is 0 Å². The van der Waals surface area contributed by atoms with Gasteiger partial charge in [-0.2, -0.15) is 4.31 Å². The van der Waals surface area contributed by atoms with Crippen molar-refractivity contribution in [2.24, 2.45) is 5.92 Å². The number of carbonyl (C=O) groups excluding carboxylic acids is 1. The largest absolute Gasteiger partial charge is 0.326 e. The first-order chi connectivity index (χ1) is 13.3. The molecule has 2 aromatic rings. The molecule has 1 aliphatic heterocycles. The van der Waals surface area contributed by atoms with Crippen LogP contribution >= 0.6 is 0 Å². The number of anilines is 1. The van der Waals surface area contributed by atoms with E-state index in [1.807, 2.05) is 0 Å². The molecule has 1 amide bonds. The van der Waals surface area contributed by atoms with Crippen LogP contribution in [0.5, 0.6) is 0 Å². The van der Waals surface area contributed by atoms with E-state index in [1.165, 1.54) is 28.6 Å². The molecular formula is C21H25FN2O3S. The molecule has 1 atom stereocenters. The number of aryl methyl sites for hydroxylation is 1. The van der Waals surface area contributed by atoms with Crippen LogP contribution in [0.15, 0.2) is 53.4 Å². The van der Waals surface area contributed by atoms with Crippen molar-refractivity contribution in [3.63, 3.8) is 0 Å². The summed E-state index contributed by atoms with van der Waals surface area (Å²) < 4.78 is 40.0. The number of amides is 1. The molecule has 1 fully saturated rings. The summed E-state index contributed by atoms with van der Waals surface area (Å²) in [4.78, 5) is 12.3. The van der Waals surface area contributed by atoms with Gasteiger partial charge in [0.1, 0.15) is 5.82 Å².